The van der Waals surface area contributed by atoms with Crippen molar-refractivity contribution < 1.29 is 4.79 Å². The second kappa shape index (κ2) is 4.72. The van der Waals surface area contributed by atoms with Crippen molar-refractivity contribution in [2.24, 2.45) is 0 Å². The summed E-state index contributed by atoms with van der Waals surface area (Å²) < 4.78 is 1.79. The van der Waals surface area contributed by atoms with Crippen molar-refractivity contribution >= 4 is 5.91 Å². The van der Waals surface area contributed by atoms with Crippen LogP contribution in [0.5, 0.6) is 0 Å². The molecule has 1 aromatic heterocycles. The highest BCUT2D eigenvalue weighted by molar-refractivity contribution is 5.77. The number of carbonyl (C=O) groups excluding carboxylic acids is 1. The third-order valence-electron chi connectivity index (χ3n) is 3.49. The van der Waals surface area contributed by atoms with Gasteiger partial charge in [-0.1, -0.05) is 0 Å². The molecule has 0 bridgehead atoms. The topological polar surface area (TPSA) is 50.2 Å². The van der Waals surface area contributed by atoms with E-state index in [1.54, 1.807) is 4.68 Å². The third-order valence-corrected chi connectivity index (χ3v) is 3.49. The largest absolute Gasteiger partial charge is 0.333 e. The molecule has 1 amide bonds. The van der Waals surface area contributed by atoms with E-state index in [0.29, 0.717) is 6.54 Å². The summed E-state index contributed by atoms with van der Waals surface area (Å²) in [5.41, 5.74) is 1.87. The SMILES string of the molecule is Cc1cc(C)n(CC(=O)N2CCNCC2(C)C)n1. The lowest BCUT2D eigenvalue weighted by molar-refractivity contribution is -0.138. The maximum Gasteiger partial charge on any atom is 0.244 e. The number of rotatable bonds is 2. The molecule has 1 aliphatic rings. The average molecular weight is 250 g/mol. The van der Waals surface area contributed by atoms with E-state index in [4.69, 9.17) is 0 Å². The Morgan fingerprint density at radius 1 is 1.50 bits per heavy atom. The molecule has 0 aliphatic carbocycles. The minimum atomic E-state index is -0.120. The van der Waals surface area contributed by atoms with Gasteiger partial charge in [0.15, 0.2) is 0 Å². The van der Waals surface area contributed by atoms with Gasteiger partial charge >= 0.3 is 0 Å². The van der Waals surface area contributed by atoms with Crippen molar-refractivity contribution in [1.29, 1.82) is 0 Å². The van der Waals surface area contributed by atoms with E-state index in [1.807, 2.05) is 24.8 Å². The summed E-state index contributed by atoms with van der Waals surface area (Å²) in [5, 5.41) is 7.67. The van der Waals surface area contributed by atoms with Crippen LogP contribution in [0.3, 0.4) is 0 Å². The van der Waals surface area contributed by atoms with Crippen molar-refractivity contribution in [2.45, 2.75) is 39.8 Å². The van der Waals surface area contributed by atoms with Gasteiger partial charge in [0.05, 0.1) is 5.69 Å². The summed E-state index contributed by atoms with van der Waals surface area (Å²) in [4.78, 5) is 14.3. The van der Waals surface area contributed by atoms with Gasteiger partial charge in [-0.05, 0) is 33.8 Å². The van der Waals surface area contributed by atoms with Crippen LogP contribution in [0.1, 0.15) is 25.2 Å². The first-order valence-corrected chi connectivity index (χ1v) is 6.42. The van der Waals surface area contributed by atoms with Crippen LogP contribution in [0.2, 0.25) is 0 Å². The number of hydrogen-bond acceptors (Lipinski definition) is 3. The summed E-state index contributed by atoms with van der Waals surface area (Å²) in [6.07, 6.45) is 0. The summed E-state index contributed by atoms with van der Waals surface area (Å²) in [5.74, 6) is 0.146. The Bertz CT molecular complexity index is 450. The molecule has 0 aromatic carbocycles. The molecule has 0 spiro atoms. The molecule has 5 nitrogen and oxygen atoms in total. The van der Waals surface area contributed by atoms with Gasteiger partial charge in [-0.3, -0.25) is 9.48 Å². The predicted octanol–water partition coefficient (Wildman–Crippen LogP) is 0.710. The second-order valence-electron chi connectivity index (χ2n) is 5.62. The van der Waals surface area contributed by atoms with Crippen molar-refractivity contribution in [2.75, 3.05) is 19.6 Å². The molecule has 0 unspecified atom stereocenters. The van der Waals surface area contributed by atoms with E-state index in [-0.39, 0.29) is 11.4 Å². The van der Waals surface area contributed by atoms with Crippen LogP contribution in [0, 0.1) is 13.8 Å². The summed E-state index contributed by atoms with van der Waals surface area (Å²) in [6.45, 7) is 10.9. The van der Waals surface area contributed by atoms with Crippen molar-refractivity contribution in [3.05, 3.63) is 17.5 Å². The first kappa shape index (κ1) is 13.1. The summed E-state index contributed by atoms with van der Waals surface area (Å²) >= 11 is 0. The molecule has 5 heteroatoms. The van der Waals surface area contributed by atoms with Crippen LogP contribution in [0.15, 0.2) is 6.07 Å². The fourth-order valence-corrected chi connectivity index (χ4v) is 2.49. The molecule has 0 atom stereocenters. The number of amides is 1. The van der Waals surface area contributed by atoms with E-state index in [0.717, 1.165) is 31.0 Å². The van der Waals surface area contributed by atoms with E-state index >= 15 is 0 Å². The lowest BCUT2D eigenvalue weighted by atomic mass is 10.00. The Kier molecular flexibility index (Phi) is 3.43. The number of hydrogen-bond donors (Lipinski definition) is 1. The molecular formula is C13H22N4O. The Morgan fingerprint density at radius 2 is 2.22 bits per heavy atom. The quantitative estimate of drug-likeness (QED) is 0.841. The number of nitrogens with one attached hydrogen (secondary N) is 1. The van der Waals surface area contributed by atoms with Crippen LogP contribution in [0.25, 0.3) is 0 Å². The van der Waals surface area contributed by atoms with Crippen molar-refractivity contribution in [1.82, 2.24) is 20.0 Å². The first-order valence-electron chi connectivity index (χ1n) is 6.42. The van der Waals surface area contributed by atoms with Gasteiger partial charge in [0, 0.05) is 30.9 Å². The molecule has 1 N–H and O–H groups in total. The number of aromatic nitrogens is 2. The average Bonchev–Trinajstić information content (AvgIpc) is 2.56. The van der Waals surface area contributed by atoms with Crippen LogP contribution >= 0.6 is 0 Å². The number of nitrogens with zero attached hydrogens (tertiary/aromatic N) is 3. The standard InChI is InChI=1S/C13H22N4O/c1-10-7-11(2)17(15-10)8-12(18)16-6-5-14-9-13(16,3)4/h7,14H,5-6,8-9H2,1-4H3. The minimum Gasteiger partial charge on any atom is -0.333 e. The first-order chi connectivity index (χ1) is 8.40. The zero-order valence-corrected chi connectivity index (χ0v) is 11.7. The fourth-order valence-electron chi connectivity index (χ4n) is 2.49. The van der Waals surface area contributed by atoms with Gasteiger partial charge in [0.2, 0.25) is 5.91 Å². The zero-order chi connectivity index (χ0) is 13.3. The highest BCUT2D eigenvalue weighted by Gasteiger charge is 2.33. The molecule has 1 aromatic rings. The third kappa shape index (κ3) is 2.56. The normalized spacial score (nSPS) is 19.0. The number of aryl methyl sites for hydroxylation is 2. The van der Waals surface area contributed by atoms with Crippen LogP contribution < -0.4 is 5.32 Å². The lowest BCUT2D eigenvalue weighted by Crippen LogP contribution is -2.60. The summed E-state index contributed by atoms with van der Waals surface area (Å²) in [7, 11) is 0. The molecule has 0 saturated carbocycles. The molecule has 0 radical (unpaired) electrons. The van der Waals surface area contributed by atoms with Gasteiger partial charge in [-0.15, -0.1) is 0 Å². The molecule has 1 fully saturated rings. The Hall–Kier alpha value is -1.36. The maximum absolute atomic E-state index is 12.4. The molecule has 100 valence electrons. The molecular weight excluding hydrogens is 228 g/mol. The van der Waals surface area contributed by atoms with Gasteiger partial charge in [0.25, 0.3) is 0 Å². The highest BCUT2D eigenvalue weighted by Crippen LogP contribution is 2.17. The van der Waals surface area contributed by atoms with Gasteiger partial charge in [0.1, 0.15) is 6.54 Å². The van der Waals surface area contributed by atoms with Gasteiger partial charge in [-0.2, -0.15) is 5.10 Å². The Morgan fingerprint density at radius 3 is 2.78 bits per heavy atom. The predicted molar refractivity (Wildman–Crippen MR) is 70.4 cm³/mol. The molecule has 1 aliphatic heterocycles. The minimum absolute atomic E-state index is 0.120. The number of piperazine rings is 1. The van der Waals surface area contributed by atoms with Crippen LogP contribution in [-0.2, 0) is 11.3 Å². The maximum atomic E-state index is 12.4. The highest BCUT2D eigenvalue weighted by atomic mass is 16.2. The fraction of sp³-hybridized carbons (Fsp3) is 0.692. The lowest BCUT2D eigenvalue weighted by Gasteiger charge is -2.42. The Balaban J connectivity index is 2.10. The van der Waals surface area contributed by atoms with Gasteiger partial charge in [-0.25, -0.2) is 0 Å². The van der Waals surface area contributed by atoms with Crippen LogP contribution in [0.4, 0.5) is 0 Å². The molecule has 2 rings (SSSR count). The van der Waals surface area contributed by atoms with E-state index in [9.17, 15) is 4.79 Å². The van der Waals surface area contributed by atoms with Crippen molar-refractivity contribution in [3.63, 3.8) is 0 Å². The number of carbonyl (C=O) groups is 1. The van der Waals surface area contributed by atoms with E-state index in [2.05, 4.69) is 24.3 Å². The smallest absolute Gasteiger partial charge is 0.244 e. The monoisotopic (exact) mass is 250 g/mol. The molecule has 18 heavy (non-hydrogen) atoms. The van der Waals surface area contributed by atoms with E-state index < -0.39 is 0 Å². The van der Waals surface area contributed by atoms with Crippen molar-refractivity contribution in [3.8, 4) is 0 Å². The Labute approximate surface area is 108 Å². The van der Waals surface area contributed by atoms with Crippen LogP contribution in [-0.4, -0.2) is 45.8 Å². The van der Waals surface area contributed by atoms with Gasteiger partial charge < -0.3 is 10.2 Å². The molecule has 1 saturated heterocycles. The molecule has 2 heterocycles. The van der Waals surface area contributed by atoms with E-state index in [1.165, 1.54) is 0 Å². The summed E-state index contributed by atoms with van der Waals surface area (Å²) in [6, 6.07) is 2.00. The second-order valence-corrected chi connectivity index (χ2v) is 5.62. The zero-order valence-electron chi connectivity index (χ0n) is 11.7.